The molecule has 1 heterocycles. The average molecular weight is 204 g/mol. The highest BCUT2D eigenvalue weighted by Crippen LogP contribution is 2.26. The summed E-state index contributed by atoms with van der Waals surface area (Å²) in [5.41, 5.74) is 0. The van der Waals surface area contributed by atoms with Crippen LogP contribution in [0.25, 0.3) is 0 Å². The Labute approximate surface area is 80.3 Å². The van der Waals surface area contributed by atoms with Crippen molar-refractivity contribution in [1.29, 1.82) is 0 Å². The van der Waals surface area contributed by atoms with E-state index in [9.17, 15) is 9.59 Å². The normalized spacial score (nSPS) is 29.2. The van der Waals surface area contributed by atoms with Crippen LogP contribution in [-0.2, 0) is 9.59 Å². The van der Waals surface area contributed by atoms with E-state index in [0.717, 1.165) is 0 Å². The first-order valence-electron chi connectivity index (χ1n) is 4.14. The summed E-state index contributed by atoms with van der Waals surface area (Å²) >= 11 is 1.43. The number of hydrogen-bond acceptors (Lipinski definition) is 3. The van der Waals surface area contributed by atoms with Gasteiger partial charge >= 0.3 is 11.9 Å². The van der Waals surface area contributed by atoms with Gasteiger partial charge in [0.15, 0.2) is 0 Å². The van der Waals surface area contributed by atoms with Gasteiger partial charge in [0.25, 0.3) is 0 Å². The Balaban J connectivity index is 2.48. The lowest BCUT2D eigenvalue weighted by Crippen LogP contribution is -2.17. The molecule has 1 aliphatic rings. The number of carbonyl (C=O) groups is 2. The van der Waals surface area contributed by atoms with Crippen LogP contribution in [0.4, 0.5) is 0 Å². The lowest BCUT2D eigenvalue weighted by Gasteiger charge is -2.07. The Bertz CT molecular complexity index is 194. The molecule has 2 N–H and O–H groups in total. The van der Waals surface area contributed by atoms with Gasteiger partial charge in [-0.1, -0.05) is 0 Å². The average Bonchev–Trinajstić information content (AvgIpc) is 2.27. The second kappa shape index (κ2) is 4.50. The van der Waals surface area contributed by atoms with Crippen molar-refractivity contribution in [2.45, 2.75) is 12.8 Å². The first kappa shape index (κ1) is 10.4. The molecule has 5 heteroatoms. The van der Waals surface area contributed by atoms with E-state index in [1.54, 1.807) is 0 Å². The maximum absolute atomic E-state index is 10.6. The molecule has 4 nitrogen and oxygen atoms in total. The fourth-order valence-electron chi connectivity index (χ4n) is 1.31. The van der Waals surface area contributed by atoms with Crippen molar-refractivity contribution in [3.8, 4) is 0 Å². The van der Waals surface area contributed by atoms with Crippen molar-refractivity contribution in [3.05, 3.63) is 0 Å². The van der Waals surface area contributed by atoms with E-state index in [4.69, 9.17) is 10.2 Å². The second-order valence-electron chi connectivity index (χ2n) is 3.19. The van der Waals surface area contributed by atoms with Crippen molar-refractivity contribution in [3.63, 3.8) is 0 Å². The Morgan fingerprint density at radius 1 is 1.00 bits per heavy atom. The van der Waals surface area contributed by atoms with Crippen LogP contribution < -0.4 is 0 Å². The second-order valence-corrected chi connectivity index (χ2v) is 4.26. The largest absolute Gasteiger partial charge is 0.481 e. The molecule has 1 saturated heterocycles. The van der Waals surface area contributed by atoms with E-state index in [1.165, 1.54) is 11.8 Å². The number of carboxylic acids is 2. The Morgan fingerprint density at radius 2 is 1.38 bits per heavy atom. The molecule has 13 heavy (non-hydrogen) atoms. The predicted octanol–water partition coefficient (Wildman–Crippen LogP) is 0.915. The topological polar surface area (TPSA) is 74.6 Å². The van der Waals surface area contributed by atoms with E-state index in [-0.39, 0.29) is 11.8 Å². The van der Waals surface area contributed by atoms with Crippen molar-refractivity contribution in [2.75, 3.05) is 11.5 Å². The van der Waals surface area contributed by atoms with E-state index < -0.39 is 11.9 Å². The van der Waals surface area contributed by atoms with Crippen LogP contribution in [0.15, 0.2) is 0 Å². The van der Waals surface area contributed by atoms with Crippen LogP contribution in [0, 0.1) is 11.8 Å². The smallest absolute Gasteiger partial charge is 0.307 e. The van der Waals surface area contributed by atoms with Gasteiger partial charge in [0.05, 0.1) is 11.8 Å². The standard InChI is InChI=1S/C8H12O4S/c9-7(10)5-1-2-6(8(11)12)4-13-3-5/h5-6H,1-4H2,(H,9,10)(H,11,12). The maximum atomic E-state index is 10.6. The van der Waals surface area contributed by atoms with Gasteiger partial charge in [-0.05, 0) is 12.8 Å². The van der Waals surface area contributed by atoms with E-state index in [0.29, 0.717) is 24.3 Å². The maximum Gasteiger partial charge on any atom is 0.307 e. The molecule has 0 aliphatic carbocycles. The van der Waals surface area contributed by atoms with Gasteiger partial charge in [0.2, 0.25) is 0 Å². The van der Waals surface area contributed by atoms with Gasteiger partial charge in [-0.3, -0.25) is 9.59 Å². The SMILES string of the molecule is O=C(O)C1CCC(C(=O)O)CSC1. The highest BCUT2D eigenvalue weighted by molar-refractivity contribution is 7.99. The lowest BCUT2D eigenvalue weighted by molar-refractivity contribution is -0.143. The molecule has 2 atom stereocenters. The summed E-state index contributed by atoms with van der Waals surface area (Å²) in [5, 5.41) is 17.5. The van der Waals surface area contributed by atoms with Gasteiger partial charge in [-0.2, -0.15) is 11.8 Å². The summed E-state index contributed by atoms with van der Waals surface area (Å²) in [6.45, 7) is 0. The fourth-order valence-corrected chi connectivity index (χ4v) is 2.63. The zero-order valence-corrected chi connectivity index (χ0v) is 7.92. The number of thioether (sulfide) groups is 1. The zero-order valence-electron chi connectivity index (χ0n) is 7.10. The molecule has 1 fully saturated rings. The fraction of sp³-hybridized carbons (Fsp3) is 0.750. The van der Waals surface area contributed by atoms with Crippen molar-refractivity contribution < 1.29 is 19.8 Å². The molecule has 0 aromatic carbocycles. The van der Waals surface area contributed by atoms with Crippen LogP contribution in [0.2, 0.25) is 0 Å². The Hall–Kier alpha value is -0.710. The molecule has 0 aromatic heterocycles. The molecule has 2 unspecified atom stereocenters. The molecule has 0 amide bonds. The van der Waals surface area contributed by atoms with Crippen molar-refractivity contribution >= 4 is 23.7 Å². The summed E-state index contributed by atoms with van der Waals surface area (Å²) in [7, 11) is 0. The van der Waals surface area contributed by atoms with Crippen LogP contribution in [0.3, 0.4) is 0 Å². The third-order valence-electron chi connectivity index (χ3n) is 2.20. The van der Waals surface area contributed by atoms with Crippen LogP contribution in [-0.4, -0.2) is 33.7 Å². The van der Waals surface area contributed by atoms with Gasteiger partial charge in [-0.15, -0.1) is 0 Å². The minimum Gasteiger partial charge on any atom is -0.481 e. The first-order chi connectivity index (χ1) is 6.11. The third kappa shape index (κ3) is 2.91. The number of carboxylic acid groups (broad SMARTS) is 2. The van der Waals surface area contributed by atoms with Gasteiger partial charge in [0, 0.05) is 11.5 Å². The Morgan fingerprint density at radius 3 is 1.69 bits per heavy atom. The first-order valence-corrected chi connectivity index (χ1v) is 5.30. The highest BCUT2D eigenvalue weighted by atomic mass is 32.2. The summed E-state index contributed by atoms with van der Waals surface area (Å²) in [6, 6.07) is 0. The molecule has 0 spiro atoms. The van der Waals surface area contributed by atoms with E-state index in [2.05, 4.69) is 0 Å². The van der Waals surface area contributed by atoms with Crippen molar-refractivity contribution in [2.24, 2.45) is 11.8 Å². The monoisotopic (exact) mass is 204 g/mol. The molecular formula is C8H12O4S. The molecule has 1 aliphatic heterocycles. The summed E-state index contributed by atoms with van der Waals surface area (Å²) in [5.74, 6) is -1.26. The van der Waals surface area contributed by atoms with Gasteiger partial charge in [0.1, 0.15) is 0 Å². The molecule has 74 valence electrons. The summed E-state index contributed by atoms with van der Waals surface area (Å²) in [6.07, 6.45) is 0.971. The summed E-state index contributed by atoms with van der Waals surface area (Å²) < 4.78 is 0. The van der Waals surface area contributed by atoms with Crippen LogP contribution >= 0.6 is 11.8 Å². The molecule has 0 aromatic rings. The number of aliphatic carboxylic acids is 2. The van der Waals surface area contributed by atoms with Gasteiger partial charge in [-0.25, -0.2) is 0 Å². The van der Waals surface area contributed by atoms with Gasteiger partial charge < -0.3 is 10.2 Å². The van der Waals surface area contributed by atoms with Crippen LogP contribution in [0.5, 0.6) is 0 Å². The van der Waals surface area contributed by atoms with E-state index >= 15 is 0 Å². The minimum absolute atomic E-state index is 0.366. The number of rotatable bonds is 2. The molecule has 0 saturated carbocycles. The molecule has 1 rings (SSSR count). The predicted molar refractivity (Wildman–Crippen MR) is 48.8 cm³/mol. The molecule has 0 bridgehead atoms. The lowest BCUT2D eigenvalue weighted by atomic mass is 9.98. The highest BCUT2D eigenvalue weighted by Gasteiger charge is 2.27. The summed E-state index contributed by atoms with van der Waals surface area (Å²) in [4.78, 5) is 21.2. The number of hydrogen-bond donors (Lipinski definition) is 2. The van der Waals surface area contributed by atoms with E-state index in [1.807, 2.05) is 0 Å². The zero-order chi connectivity index (χ0) is 9.84. The van der Waals surface area contributed by atoms with Crippen LogP contribution in [0.1, 0.15) is 12.8 Å². The third-order valence-corrected chi connectivity index (χ3v) is 3.48. The molecule has 0 radical (unpaired) electrons. The minimum atomic E-state index is -0.807. The Kier molecular flexibility index (Phi) is 3.59. The molecular weight excluding hydrogens is 192 g/mol. The van der Waals surface area contributed by atoms with Crippen molar-refractivity contribution in [1.82, 2.24) is 0 Å². The quantitative estimate of drug-likeness (QED) is 0.699.